The highest BCUT2D eigenvalue weighted by atomic mass is 16.5. The average Bonchev–Trinajstić information content (AvgIpc) is 2.80. The van der Waals surface area contributed by atoms with Gasteiger partial charge in [0.05, 0.1) is 12.7 Å². The number of fused-ring (bicyclic) bond motifs is 1. The van der Waals surface area contributed by atoms with Crippen LogP contribution >= 0.6 is 0 Å². The predicted molar refractivity (Wildman–Crippen MR) is 75.6 cm³/mol. The minimum Gasteiger partial charge on any atom is -0.480 e. The molecule has 0 aliphatic carbocycles. The van der Waals surface area contributed by atoms with Gasteiger partial charge in [0.1, 0.15) is 6.04 Å². The zero-order valence-electron chi connectivity index (χ0n) is 11.8. The number of aliphatic carboxylic acids is 1. The van der Waals surface area contributed by atoms with Gasteiger partial charge in [-0.3, -0.25) is 9.69 Å². The van der Waals surface area contributed by atoms with Gasteiger partial charge in [-0.25, -0.2) is 0 Å². The van der Waals surface area contributed by atoms with Gasteiger partial charge in [0.2, 0.25) is 0 Å². The van der Waals surface area contributed by atoms with Gasteiger partial charge in [0.25, 0.3) is 0 Å². The predicted octanol–water partition coefficient (Wildman–Crippen LogP) is 2.10. The van der Waals surface area contributed by atoms with Crippen LogP contribution < -0.4 is 0 Å². The van der Waals surface area contributed by atoms with Crippen molar-refractivity contribution in [2.24, 2.45) is 5.92 Å². The van der Waals surface area contributed by atoms with E-state index in [0.29, 0.717) is 6.54 Å². The van der Waals surface area contributed by atoms with E-state index < -0.39 is 5.97 Å². The van der Waals surface area contributed by atoms with Gasteiger partial charge < -0.3 is 9.84 Å². The van der Waals surface area contributed by atoms with Crippen LogP contribution in [0, 0.1) is 5.92 Å². The second kappa shape index (κ2) is 5.54. The van der Waals surface area contributed by atoms with Crippen LogP contribution in [0.25, 0.3) is 0 Å². The molecule has 3 rings (SSSR count). The molecular formula is C16H21NO3. The maximum Gasteiger partial charge on any atom is 0.321 e. The number of ether oxygens (including phenoxy) is 1. The molecule has 1 aromatic carbocycles. The minimum atomic E-state index is -0.709. The molecule has 0 bridgehead atoms. The second-order valence-electron chi connectivity index (χ2n) is 5.85. The van der Waals surface area contributed by atoms with Crippen LogP contribution in [0.4, 0.5) is 0 Å². The van der Waals surface area contributed by atoms with Crippen LogP contribution in [0.2, 0.25) is 0 Å². The number of carboxylic acids is 1. The highest BCUT2D eigenvalue weighted by Crippen LogP contribution is 2.31. The van der Waals surface area contributed by atoms with E-state index in [1.165, 1.54) is 11.1 Å². The lowest BCUT2D eigenvalue weighted by atomic mass is 9.97. The maximum atomic E-state index is 11.4. The van der Waals surface area contributed by atoms with Gasteiger partial charge >= 0.3 is 5.97 Å². The molecule has 0 saturated carbocycles. The van der Waals surface area contributed by atoms with E-state index in [-0.39, 0.29) is 18.1 Å². The molecule has 1 N–H and O–H groups in total. The summed E-state index contributed by atoms with van der Waals surface area (Å²) in [4.78, 5) is 13.5. The molecule has 3 atom stereocenters. The van der Waals surface area contributed by atoms with Crippen molar-refractivity contribution in [1.29, 1.82) is 0 Å². The number of hydrogen-bond acceptors (Lipinski definition) is 3. The standard InChI is InChI=1S/C16H21NO3/c1-11-6-8-17(15(11)16(18)19)10-14-13-5-3-2-4-12(13)7-9-20-14/h2-5,11,14-15H,6-10H2,1H3,(H,18,19). The Morgan fingerprint density at radius 2 is 2.25 bits per heavy atom. The van der Waals surface area contributed by atoms with Gasteiger partial charge in [-0.2, -0.15) is 0 Å². The van der Waals surface area contributed by atoms with Crippen LogP contribution in [-0.2, 0) is 16.0 Å². The second-order valence-corrected chi connectivity index (χ2v) is 5.85. The molecular weight excluding hydrogens is 254 g/mol. The van der Waals surface area contributed by atoms with E-state index in [1.807, 2.05) is 13.0 Å². The summed E-state index contributed by atoms with van der Waals surface area (Å²) in [7, 11) is 0. The summed E-state index contributed by atoms with van der Waals surface area (Å²) < 4.78 is 5.90. The third kappa shape index (κ3) is 2.45. The third-order valence-corrected chi connectivity index (χ3v) is 4.55. The fraction of sp³-hybridized carbons (Fsp3) is 0.562. The Kier molecular flexibility index (Phi) is 3.76. The topological polar surface area (TPSA) is 49.8 Å². The zero-order valence-corrected chi connectivity index (χ0v) is 11.8. The lowest BCUT2D eigenvalue weighted by Gasteiger charge is -2.31. The molecule has 1 aromatic rings. The summed E-state index contributed by atoms with van der Waals surface area (Å²) in [6.45, 7) is 4.27. The lowest BCUT2D eigenvalue weighted by Crippen LogP contribution is -2.42. The summed E-state index contributed by atoms with van der Waals surface area (Å²) in [5.74, 6) is -0.495. The van der Waals surface area contributed by atoms with Gasteiger partial charge in [-0.05, 0) is 36.4 Å². The van der Waals surface area contributed by atoms with E-state index in [0.717, 1.165) is 26.0 Å². The van der Waals surface area contributed by atoms with Gasteiger partial charge in [-0.1, -0.05) is 31.2 Å². The average molecular weight is 275 g/mol. The first-order valence-corrected chi connectivity index (χ1v) is 7.33. The van der Waals surface area contributed by atoms with E-state index >= 15 is 0 Å². The summed E-state index contributed by atoms with van der Waals surface area (Å²) in [6.07, 6.45) is 1.91. The molecule has 0 amide bonds. The van der Waals surface area contributed by atoms with E-state index in [2.05, 4.69) is 23.1 Å². The van der Waals surface area contributed by atoms with E-state index in [4.69, 9.17) is 4.74 Å². The molecule has 0 spiro atoms. The molecule has 2 aliphatic heterocycles. The molecule has 4 nitrogen and oxygen atoms in total. The molecule has 1 fully saturated rings. The quantitative estimate of drug-likeness (QED) is 0.917. The molecule has 2 heterocycles. The van der Waals surface area contributed by atoms with E-state index in [1.54, 1.807) is 0 Å². The Morgan fingerprint density at radius 1 is 1.45 bits per heavy atom. The molecule has 3 unspecified atom stereocenters. The van der Waals surface area contributed by atoms with Crippen molar-refractivity contribution in [1.82, 2.24) is 4.90 Å². The van der Waals surface area contributed by atoms with Crippen molar-refractivity contribution in [3.63, 3.8) is 0 Å². The van der Waals surface area contributed by atoms with Gasteiger partial charge in [0, 0.05) is 6.54 Å². The van der Waals surface area contributed by atoms with Crippen molar-refractivity contribution in [3.8, 4) is 0 Å². The largest absolute Gasteiger partial charge is 0.480 e. The van der Waals surface area contributed by atoms with E-state index in [9.17, 15) is 9.90 Å². The number of nitrogens with zero attached hydrogens (tertiary/aromatic N) is 1. The fourth-order valence-corrected chi connectivity index (χ4v) is 3.47. The molecule has 0 radical (unpaired) electrons. The van der Waals surface area contributed by atoms with Crippen LogP contribution in [0.15, 0.2) is 24.3 Å². The Morgan fingerprint density at radius 3 is 3.05 bits per heavy atom. The number of rotatable bonds is 3. The van der Waals surface area contributed by atoms with Gasteiger partial charge in [0.15, 0.2) is 0 Å². The molecule has 20 heavy (non-hydrogen) atoms. The normalized spacial score (nSPS) is 30.1. The number of carbonyl (C=O) groups is 1. The number of carboxylic acid groups (broad SMARTS) is 1. The van der Waals surface area contributed by atoms with Crippen molar-refractivity contribution in [3.05, 3.63) is 35.4 Å². The summed E-state index contributed by atoms with van der Waals surface area (Å²) in [6, 6.07) is 7.97. The van der Waals surface area contributed by atoms with Crippen LogP contribution in [0.3, 0.4) is 0 Å². The Bertz CT molecular complexity index is 502. The number of hydrogen-bond donors (Lipinski definition) is 1. The molecule has 0 aromatic heterocycles. The van der Waals surface area contributed by atoms with Gasteiger partial charge in [-0.15, -0.1) is 0 Å². The summed E-state index contributed by atoms with van der Waals surface area (Å²) in [5, 5.41) is 9.40. The summed E-state index contributed by atoms with van der Waals surface area (Å²) in [5.41, 5.74) is 2.56. The van der Waals surface area contributed by atoms with Crippen molar-refractivity contribution >= 4 is 5.97 Å². The fourth-order valence-electron chi connectivity index (χ4n) is 3.47. The Hall–Kier alpha value is -1.39. The molecule has 1 saturated heterocycles. The van der Waals surface area contributed by atoms with Crippen LogP contribution in [-0.4, -0.2) is 41.7 Å². The Labute approximate surface area is 119 Å². The Balaban J connectivity index is 1.77. The highest BCUT2D eigenvalue weighted by molar-refractivity contribution is 5.74. The summed E-state index contributed by atoms with van der Waals surface area (Å²) >= 11 is 0. The lowest BCUT2D eigenvalue weighted by molar-refractivity contribution is -0.144. The number of likely N-dealkylation sites (tertiary alicyclic amines) is 1. The maximum absolute atomic E-state index is 11.4. The van der Waals surface area contributed by atoms with Crippen molar-refractivity contribution in [2.45, 2.75) is 31.9 Å². The SMILES string of the molecule is CC1CCN(CC2OCCc3ccccc32)C1C(=O)O. The zero-order chi connectivity index (χ0) is 14.1. The monoisotopic (exact) mass is 275 g/mol. The van der Waals surface area contributed by atoms with Crippen LogP contribution in [0.5, 0.6) is 0 Å². The van der Waals surface area contributed by atoms with Crippen molar-refractivity contribution < 1.29 is 14.6 Å². The van der Waals surface area contributed by atoms with Crippen molar-refractivity contribution in [2.75, 3.05) is 19.7 Å². The molecule has 108 valence electrons. The highest BCUT2D eigenvalue weighted by Gasteiger charge is 2.38. The minimum absolute atomic E-state index is 0.00657. The van der Waals surface area contributed by atoms with Crippen LogP contribution in [0.1, 0.15) is 30.6 Å². The first kappa shape index (κ1) is 13.6. The molecule has 4 heteroatoms. The third-order valence-electron chi connectivity index (χ3n) is 4.55. The first-order valence-electron chi connectivity index (χ1n) is 7.33. The number of benzene rings is 1. The first-order chi connectivity index (χ1) is 9.66. The molecule has 2 aliphatic rings. The smallest absolute Gasteiger partial charge is 0.321 e.